The Morgan fingerprint density at radius 3 is 2.84 bits per heavy atom. The minimum absolute atomic E-state index is 0.128. The van der Waals surface area contributed by atoms with Gasteiger partial charge in [0.1, 0.15) is 5.82 Å². The van der Waals surface area contributed by atoms with Crippen LogP contribution in [0.5, 0.6) is 0 Å². The highest BCUT2D eigenvalue weighted by molar-refractivity contribution is 5.89. The van der Waals surface area contributed by atoms with E-state index in [0.717, 1.165) is 0 Å². The molecule has 0 saturated carbocycles. The fourth-order valence-electron chi connectivity index (χ4n) is 1.46. The third-order valence-corrected chi connectivity index (χ3v) is 2.41. The molecular weight excluding hydrogens is 251 g/mol. The van der Waals surface area contributed by atoms with Gasteiger partial charge in [-0.3, -0.25) is 0 Å². The maximum atomic E-state index is 13.4. The number of carbonyl (C=O) groups excluding carboxylic acids is 1. The summed E-state index contributed by atoms with van der Waals surface area (Å²) < 4.78 is 18.2. The van der Waals surface area contributed by atoms with Crippen LogP contribution < -0.4 is 5.32 Å². The number of para-hydroxylation sites is 1. The average molecular weight is 264 g/mol. The number of aryl methyl sites for hydroxylation is 1. The third-order valence-electron chi connectivity index (χ3n) is 2.41. The van der Waals surface area contributed by atoms with Crippen molar-refractivity contribution in [1.82, 2.24) is 15.0 Å². The van der Waals surface area contributed by atoms with E-state index in [1.54, 1.807) is 26.1 Å². The number of rotatable bonds is 3. The van der Waals surface area contributed by atoms with E-state index < -0.39 is 11.8 Å². The van der Waals surface area contributed by atoms with Crippen molar-refractivity contribution >= 4 is 11.7 Å². The number of hydrogen-bond acceptors (Lipinski definition) is 4. The Hall–Kier alpha value is -2.44. The predicted octanol–water partition coefficient (Wildman–Crippen LogP) is 2.18. The highest BCUT2D eigenvalue weighted by atomic mass is 19.1. The van der Waals surface area contributed by atoms with E-state index in [1.165, 1.54) is 17.0 Å². The summed E-state index contributed by atoms with van der Waals surface area (Å²) in [5.41, 5.74) is 0.128. The molecule has 0 radical (unpaired) electrons. The lowest BCUT2D eigenvalue weighted by Crippen LogP contribution is -2.31. The van der Waals surface area contributed by atoms with Crippen molar-refractivity contribution in [2.45, 2.75) is 13.5 Å². The Morgan fingerprint density at radius 1 is 1.47 bits per heavy atom. The number of nitrogens with one attached hydrogen (secondary N) is 1. The maximum Gasteiger partial charge on any atom is 0.322 e. The molecule has 0 saturated heterocycles. The normalized spacial score (nSPS) is 10.3. The van der Waals surface area contributed by atoms with Crippen molar-refractivity contribution in [2.75, 3.05) is 12.4 Å². The standard InChI is InChI=1S/C12H13FN4O2/c1-8-14-11(16-19-8)7-17(2)12(18)15-10-6-4-3-5-9(10)13/h3-6H,7H2,1-2H3,(H,15,18). The largest absolute Gasteiger partial charge is 0.340 e. The van der Waals surface area contributed by atoms with Gasteiger partial charge in [-0.05, 0) is 12.1 Å². The van der Waals surface area contributed by atoms with Gasteiger partial charge in [-0.15, -0.1) is 0 Å². The molecular formula is C12H13FN4O2. The first-order valence-electron chi connectivity index (χ1n) is 5.62. The van der Waals surface area contributed by atoms with Crippen LogP contribution in [0.25, 0.3) is 0 Å². The van der Waals surface area contributed by atoms with Gasteiger partial charge in [-0.2, -0.15) is 4.98 Å². The maximum absolute atomic E-state index is 13.4. The van der Waals surface area contributed by atoms with Crippen LogP contribution in [0.1, 0.15) is 11.7 Å². The van der Waals surface area contributed by atoms with Crippen LogP contribution in [0.4, 0.5) is 14.9 Å². The molecule has 1 aromatic carbocycles. The second kappa shape index (κ2) is 5.47. The molecule has 0 spiro atoms. The van der Waals surface area contributed by atoms with E-state index in [0.29, 0.717) is 11.7 Å². The summed E-state index contributed by atoms with van der Waals surface area (Å²) in [6, 6.07) is 5.50. The number of aromatic nitrogens is 2. The minimum Gasteiger partial charge on any atom is -0.340 e. The Kier molecular flexibility index (Phi) is 3.74. The van der Waals surface area contributed by atoms with Gasteiger partial charge in [0.15, 0.2) is 5.82 Å². The van der Waals surface area contributed by atoms with Crippen molar-refractivity contribution in [2.24, 2.45) is 0 Å². The van der Waals surface area contributed by atoms with Gasteiger partial charge in [0.2, 0.25) is 5.89 Å². The SMILES string of the molecule is Cc1nc(CN(C)C(=O)Nc2ccccc2F)no1. The Labute approximate surface area is 109 Å². The van der Waals surface area contributed by atoms with Gasteiger partial charge in [0.25, 0.3) is 0 Å². The van der Waals surface area contributed by atoms with Gasteiger partial charge < -0.3 is 14.7 Å². The summed E-state index contributed by atoms with van der Waals surface area (Å²) >= 11 is 0. The smallest absolute Gasteiger partial charge is 0.322 e. The number of nitrogens with zero attached hydrogens (tertiary/aromatic N) is 3. The fraction of sp³-hybridized carbons (Fsp3) is 0.250. The molecule has 1 heterocycles. The number of amides is 2. The Balaban J connectivity index is 1.98. The summed E-state index contributed by atoms with van der Waals surface area (Å²) in [6.45, 7) is 1.84. The van der Waals surface area contributed by atoms with Crippen LogP contribution in [0.3, 0.4) is 0 Å². The summed E-state index contributed by atoms with van der Waals surface area (Å²) in [6.07, 6.45) is 0. The van der Waals surface area contributed by atoms with Crippen LogP contribution in [0.2, 0.25) is 0 Å². The van der Waals surface area contributed by atoms with Crippen molar-refractivity contribution < 1.29 is 13.7 Å². The summed E-state index contributed by atoms with van der Waals surface area (Å²) in [7, 11) is 1.56. The zero-order valence-corrected chi connectivity index (χ0v) is 10.6. The number of carbonyl (C=O) groups is 1. The molecule has 0 aliphatic heterocycles. The van der Waals surface area contributed by atoms with E-state index in [4.69, 9.17) is 4.52 Å². The molecule has 0 fully saturated rings. The molecule has 2 amide bonds. The average Bonchev–Trinajstić information content (AvgIpc) is 2.77. The van der Waals surface area contributed by atoms with E-state index in [9.17, 15) is 9.18 Å². The molecule has 0 bridgehead atoms. The van der Waals surface area contributed by atoms with Crippen LogP contribution in [-0.4, -0.2) is 28.1 Å². The molecule has 1 aromatic heterocycles. The van der Waals surface area contributed by atoms with Crippen molar-refractivity contribution in [3.05, 3.63) is 41.8 Å². The zero-order chi connectivity index (χ0) is 13.8. The summed E-state index contributed by atoms with van der Waals surface area (Å²) in [5, 5.41) is 6.14. The fourth-order valence-corrected chi connectivity index (χ4v) is 1.46. The second-order valence-corrected chi connectivity index (χ2v) is 4.00. The lowest BCUT2D eigenvalue weighted by Gasteiger charge is -2.16. The molecule has 1 N–H and O–H groups in total. The van der Waals surface area contributed by atoms with Crippen molar-refractivity contribution in [1.29, 1.82) is 0 Å². The molecule has 0 aliphatic carbocycles. The zero-order valence-electron chi connectivity index (χ0n) is 10.6. The molecule has 0 aliphatic rings. The van der Waals surface area contributed by atoms with Crippen molar-refractivity contribution in [3.63, 3.8) is 0 Å². The van der Waals surface area contributed by atoms with E-state index in [2.05, 4.69) is 15.5 Å². The first kappa shape index (κ1) is 13.0. The van der Waals surface area contributed by atoms with E-state index in [-0.39, 0.29) is 12.2 Å². The quantitative estimate of drug-likeness (QED) is 0.922. The van der Waals surface area contributed by atoms with Crippen LogP contribution >= 0.6 is 0 Å². The minimum atomic E-state index is -0.486. The Bertz CT molecular complexity index is 585. The van der Waals surface area contributed by atoms with Crippen LogP contribution in [0.15, 0.2) is 28.8 Å². The first-order valence-corrected chi connectivity index (χ1v) is 5.62. The third kappa shape index (κ3) is 3.27. The monoisotopic (exact) mass is 264 g/mol. The Morgan fingerprint density at radius 2 is 2.21 bits per heavy atom. The van der Waals surface area contributed by atoms with Crippen LogP contribution in [0, 0.1) is 12.7 Å². The predicted molar refractivity (Wildman–Crippen MR) is 65.9 cm³/mol. The molecule has 19 heavy (non-hydrogen) atoms. The van der Waals surface area contributed by atoms with Gasteiger partial charge in [0.05, 0.1) is 12.2 Å². The topological polar surface area (TPSA) is 71.3 Å². The van der Waals surface area contributed by atoms with Crippen molar-refractivity contribution in [3.8, 4) is 0 Å². The summed E-state index contributed by atoms with van der Waals surface area (Å²) in [5.74, 6) is 0.334. The highest BCUT2D eigenvalue weighted by Crippen LogP contribution is 2.13. The highest BCUT2D eigenvalue weighted by Gasteiger charge is 2.13. The first-order chi connectivity index (χ1) is 9.06. The van der Waals surface area contributed by atoms with Crippen LogP contribution in [-0.2, 0) is 6.54 Å². The molecule has 6 nitrogen and oxygen atoms in total. The number of halogens is 1. The number of urea groups is 1. The molecule has 2 aromatic rings. The van der Waals surface area contributed by atoms with Gasteiger partial charge in [-0.1, -0.05) is 17.3 Å². The van der Waals surface area contributed by atoms with E-state index in [1.807, 2.05) is 0 Å². The molecule has 0 unspecified atom stereocenters. The molecule has 2 rings (SSSR count). The lowest BCUT2D eigenvalue weighted by atomic mass is 10.3. The van der Waals surface area contributed by atoms with Gasteiger partial charge in [-0.25, -0.2) is 9.18 Å². The van der Waals surface area contributed by atoms with Gasteiger partial charge in [0, 0.05) is 14.0 Å². The second-order valence-electron chi connectivity index (χ2n) is 4.00. The number of anilines is 1. The molecule has 7 heteroatoms. The number of benzene rings is 1. The van der Waals surface area contributed by atoms with Gasteiger partial charge >= 0.3 is 6.03 Å². The molecule has 0 atom stereocenters. The lowest BCUT2D eigenvalue weighted by molar-refractivity contribution is 0.219. The summed E-state index contributed by atoms with van der Waals surface area (Å²) in [4.78, 5) is 17.2. The number of hydrogen-bond donors (Lipinski definition) is 1. The molecule has 100 valence electrons. The van der Waals surface area contributed by atoms with E-state index >= 15 is 0 Å².